The molecule has 4 nitrogen and oxygen atoms in total. The number of hydrogen-bond donors (Lipinski definition) is 1. The summed E-state index contributed by atoms with van der Waals surface area (Å²) >= 11 is 3.50. The van der Waals surface area contributed by atoms with Crippen LogP contribution in [0.4, 0.5) is 0 Å². The maximum atomic E-state index is 12.6. The third kappa shape index (κ3) is 1.77. The lowest BCUT2D eigenvalue weighted by Crippen LogP contribution is -2.40. The van der Waals surface area contributed by atoms with Crippen LogP contribution in [0.25, 0.3) is 0 Å². The summed E-state index contributed by atoms with van der Waals surface area (Å²) in [5, 5.41) is 10.2. The number of carbonyl (C=O) groups is 2. The molecule has 2 bridgehead atoms. The van der Waals surface area contributed by atoms with Crippen LogP contribution >= 0.6 is 15.9 Å². The van der Waals surface area contributed by atoms with E-state index >= 15 is 0 Å². The van der Waals surface area contributed by atoms with Gasteiger partial charge in [0.15, 0.2) is 0 Å². The molecule has 0 aromatic heterocycles. The molecule has 2 amide bonds. The average Bonchev–Trinajstić information content (AvgIpc) is 3.09. The molecule has 0 spiro atoms. The first-order chi connectivity index (χ1) is 10.1. The minimum atomic E-state index is -0.510. The lowest BCUT2D eigenvalue weighted by atomic mass is 9.79. The highest BCUT2D eigenvalue weighted by Gasteiger charge is 2.66. The zero-order chi connectivity index (χ0) is 14.7. The smallest absolute Gasteiger partial charge is 0.233 e. The molecule has 5 heteroatoms. The monoisotopic (exact) mass is 349 g/mol. The molecule has 1 aliphatic heterocycles. The molecular weight excluding hydrogens is 334 g/mol. The number of nitrogens with zero attached hydrogens (tertiary/aromatic N) is 1. The van der Waals surface area contributed by atoms with Gasteiger partial charge in [0.1, 0.15) is 0 Å². The molecule has 4 rings (SSSR count). The van der Waals surface area contributed by atoms with Crippen molar-refractivity contribution in [3.63, 3.8) is 0 Å². The first kappa shape index (κ1) is 13.5. The number of rotatable bonds is 2. The maximum Gasteiger partial charge on any atom is 0.233 e. The highest BCUT2D eigenvalue weighted by Crippen LogP contribution is 2.58. The molecule has 110 valence electrons. The standard InChI is InChI=1S/C16H16BrNO3/c17-13-9-6-10(14(13)19)12-11(9)15(20)18(16(12)21)7-8-4-2-1-3-5-8/h1-5,9-14,19H,6-7H2/t9-,10-,11-,12+,13-,14+/m0/s1. The van der Waals surface area contributed by atoms with Gasteiger partial charge in [0.2, 0.25) is 11.8 Å². The number of likely N-dealkylation sites (tertiary alicyclic amines) is 1. The van der Waals surface area contributed by atoms with E-state index in [0.717, 1.165) is 12.0 Å². The van der Waals surface area contributed by atoms with E-state index in [-0.39, 0.29) is 40.3 Å². The Balaban J connectivity index is 1.62. The molecule has 3 fully saturated rings. The first-order valence-electron chi connectivity index (χ1n) is 7.31. The van der Waals surface area contributed by atoms with Gasteiger partial charge < -0.3 is 5.11 Å². The Labute approximate surface area is 131 Å². The summed E-state index contributed by atoms with van der Waals surface area (Å²) in [4.78, 5) is 26.6. The van der Waals surface area contributed by atoms with Crippen molar-refractivity contribution in [2.24, 2.45) is 23.7 Å². The van der Waals surface area contributed by atoms with Gasteiger partial charge in [-0.3, -0.25) is 14.5 Å². The first-order valence-corrected chi connectivity index (χ1v) is 8.22. The number of amides is 2. The van der Waals surface area contributed by atoms with E-state index in [0.29, 0.717) is 6.54 Å². The summed E-state index contributed by atoms with van der Waals surface area (Å²) in [6.07, 6.45) is 0.271. The van der Waals surface area contributed by atoms with Gasteiger partial charge in [0, 0.05) is 4.83 Å². The van der Waals surface area contributed by atoms with Gasteiger partial charge in [0.05, 0.1) is 24.5 Å². The molecule has 6 atom stereocenters. The van der Waals surface area contributed by atoms with Crippen LogP contribution < -0.4 is 0 Å². The van der Waals surface area contributed by atoms with E-state index in [2.05, 4.69) is 15.9 Å². The predicted octanol–water partition coefficient (Wildman–Crippen LogP) is 1.56. The fourth-order valence-electron chi connectivity index (χ4n) is 4.37. The van der Waals surface area contributed by atoms with E-state index in [1.165, 1.54) is 4.90 Å². The summed E-state index contributed by atoms with van der Waals surface area (Å²) in [6.45, 7) is 0.341. The molecule has 3 aliphatic rings. The van der Waals surface area contributed by atoms with Crippen LogP contribution in [0.1, 0.15) is 12.0 Å². The third-order valence-electron chi connectivity index (χ3n) is 5.31. The molecule has 0 radical (unpaired) electrons. The molecule has 1 aromatic carbocycles. The molecule has 2 aliphatic carbocycles. The van der Waals surface area contributed by atoms with Gasteiger partial charge in [-0.05, 0) is 23.8 Å². The Hall–Kier alpha value is -1.20. The van der Waals surface area contributed by atoms with Crippen molar-refractivity contribution < 1.29 is 14.7 Å². The quantitative estimate of drug-likeness (QED) is 0.651. The third-order valence-corrected chi connectivity index (χ3v) is 6.53. The lowest BCUT2D eigenvalue weighted by Gasteiger charge is -2.29. The Kier molecular flexibility index (Phi) is 2.98. The lowest BCUT2D eigenvalue weighted by molar-refractivity contribution is -0.141. The van der Waals surface area contributed by atoms with E-state index in [1.807, 2.05) is 30.3 Å². The molecule has 2 saturated carbocycles. The topological polar surface area (TPSA) is 57.6 Å². The fourth-order valence-corrected chi connectivity index (χ4v) is 5.31. The van der Waals surface area contributed by atoms with Crippen molar-refractivity contribution in [2.45, 2.75) is 23.9 Å². The highest BCUT2D eigenvalue weighted by atomic mass is 79.9. The van der Waals surface area contributed by atoms with Gasteiger partial charge in [-0.25, -0.2) is 0 Å². The number of aliphatic hydroxyl groups excluding tert-OH is 1. The van der Waals surface area contributed by atoms with Crippen molar-refractivity contribution in [1.82, 2.24) is 4.90 Å². The number of hydrogen-bond acceptors (Lipinski definition) is 3. The second-order valence-electron chi connectivity index (χ2n) is 6.30. The number of fused-ring (bicyclic) bond motifs is 5. The Morgan fingerprint density at radius 3 is 2.38 bits per heavy atom. The van der Waals surface area contributed by atoms with Gasteiger partial charge in [0.25, 0.3) is 0 Å². The van der Waals surface area contributed by atoms with Crippen molar-refractivity contribution in [2.75, 3.05) is 0 Å². The Morgan fingerprint density at radius 2 is 1.71 bits per heavy atom. The highest BCUT2D eigenvalue weighted by molar-refractivity contribution is 9.09. The summed E-state index contributed by atoms with van der Waals surface area (Å²) in [6, 6.07) is 9.57. The number of carbonyl (C=O) groups excluding carboxylic acids is 2. The van der Waals surface area contributed by atoms with Crippen molar-refractivity contribution >= 4 is 27.7 Å². The van der Waals surface area contributed by atoms with E-state index < -0.39 is 6.10 Å². The number of alkyl halides is 1. The van der Waals surface area contributed by atoms with Crippen LogP contribution in [0, 0.1) is 23.7 Å². The summed E-state index contributed by atoms with van der Waals surface area (Å²) in [7, 11) is 0. The van der Waals surface area contributed by atoms with Crippen LogP contribution in [-0.4, -0.2) is 32.8 Å². The maximum absolute atomic E-state index is 12.6. The van der Waals surface area contributed by atoms with E-state index in [4.69, 9.17) is 0 Å². The zero-order valence-electron chi connectivity index (χ0n) is 11.4. The summed E-state index contributed by atoms with van der Waals surface area (Å²) in [5.41, 5.74) is 0.961. The normalized spacial score (nSPS) is 41.0. The van der Waals surface area contributed by atoms with Crippen LogP contribution in [0.5, 0.6) is 0 Å². The van der Waals surface area contributed by atoms with Crippen LogP contribution in [0.2, 0.25) is 0 Å². The molecule has 1 N–H and O–H groups in total. The molecular formula is C16H16BrNO3. The Bertz CT molecular complexity index is 573. The van der Waals surface area contributed by atoms with E-state index in [9.17, 15) is 14.7 Å². The predicted molar refractivity (Wildman–Crippen MR) is 79.3 cm³/mol. The van der Waals surface area contributed by atoms with Gasteiger partial charge in [-0.1, -0.05) is 46.3 Å². The van der Waals surface area contributed by atoms with Gasteiger partial charge >= 0.3 is 0 Å². The largest absolute Gasteiger partial charge is 0.392 e. The zero-order valence-corrected chi connectivity index (χ0v) is 12.9. The molecule has 0 unspecified atom stereocenters. The van der Waals surface area contributed by atoms with Crippen LogP contribution in [0.15, 0.2) is 30.3 Å². The minimum Gasteiger partial charge on any atom is -0.392 e. The number of aliphatic hydroxyl groups is 1. The van der Waals surface area contributed by atoms with Crippen LogP contribution in [-0.2, 0) is 16.1 Å². The summed E-state index contributed by atoms with van der Waals surface area (Å²) < 4.78 is 0. The number of imide groups is 1. The molecule has 1 saturated heterocycles. The molecule has 1 heterocycles. The Morgan fingerprint density at radius 1 is 1.10 bits per heavy atom. The van der Waals surface area contributed by atoms with Crippen molar-refractivity contribution in [1.29, 1.82) is 0 Å². The van der Waals surface area contributed by atoms with Gasteiger partial charge in [-0.15, -0.1) is 0 Å². The molecule has 1 aromatic rings. The summed E-state index contributed by atoms with van der Waals surface area (Å²) in [5.74, 6) is -0.680. The molecule has 21 heavy (non-hydrogen) atoms. The average molecular weight is 350 g/mol. The van der Waals surface area contributed by atoms with Crippen molar-refractivity contribution in [3.05, 3.63) is 35.9 Å². The SMILES string of the molecule is O=C1[C@@H]2[C@@H]3C[C@H]([C@H](Br)[C@@H]3O)[C@@H]2C(=O)N1Cc1ccccc1. The van der Waals surface area contributed by atoms with Crippen LogP contribution in [0.3, 0.4) is 0 Å². The second-order valence-corrected chi connectivity index (χ2v) is 7.36. The van der Waals surface area contributed by atoms with E-state index in [1.54, 1.807) is 0 Å². The number of halogens is 1. The van der Waals surface area contributed by atoms with Crippen molar-refractivity contribution in [3.8, 4) is 0 Å². The fraction of sp³-hybridized carbons (Fsp3) is 0.500. The number of benzene rings is 1. The van der Waals surface area contributed by atoms with Gasteiger partial charge in [-0.2, -0.15) is 0 Å². The second kappa shape index (κ2) is 4.65. The minimum absolute atomic E-state index is 0.0577.